The van der Waals surface area contributed by atoms with Gasteiger partial charge in [-0.3, -0.25) is 0 Å². The second-order valence-corrected chi connectivity index (χ2v) is 3.85. The average Bonchev–Trinajstić information content (AvgIpc) is 2.39. The van der Waals surface area contributed by atoms with Gasteiger partial charge in [0.05, 0.1) is 13.2 Å². The Kier molecular flexibility index (Phi) is 6.76. The molecule has 0 atom stereocenters. The number of nitrogens with two attached hydrogens (primary N) is 1. The molecule has 0 heterocycles. The maximum atomic E-state index is 12.0. The normalized spacial score (nSPS) is 11.0. The van der Waals surface area contributed by atoms with Gasteiger partial charge in [0.2, 0.25) is 0 Å². The summed E-state index contributed by atoms with van der Waals surface area (Å²) in [4.78, 5) is 11.4. The molecule has 1 aromatic carbocycles. The molecule has 0 aromatic heterocycles. The zero-order valence-electron chi connectivity index (χ0n) is 11.1. The molecule has 0 spiro atoms. The number of hydrogen-bond donors (Lipinski definition) is 3. The summed E-state index contributed by atoms with van der Waals surface area (Å²) in [6.07, 6.45) is -4.74. The molecule has 2 amide bonds. The van der Waals surface area contributed by atoms with Gasteiger partial charge in [-0.25, -0.2) is 4.79 Å². The number of halogens is 3. The first-order chi connectivity index (χ1) is 9.90. The Bertz CT molecular complexity index is 438. The fourth-order valence-corrected chi connectivity index (χ4v) is 1.34. The van der Waals surface area contributed by atoms with E-state index in [1.165, 1.54) is 12.1 Å². The van der Waals surface area contributed by atoms with Crippen molar-refractivity contribution in [2.45, 2.75) is 6.36 Å². The van der Waals surface area contributed by atoms with Crippen LogP contribution in [0.15, 0.2) is 24.3 Å². The van der Waals surface area contributed by atoms with E-state index in [0.29, 0.717) is 32.0 Å². The first kappa shape index (κ1) is 17.1. The van der Waals surface area contributed by atoms with E-state index in [-0.39, 0.29) is 5.75 Å². The number of benzene rings is 1. The monoisotopic (exact) mass is 307 g/mol. The fourth-order valence-electron chi connectivity index (χ4n) is 1.34. The molecular formula is C12H16F3N3O3. The first-order valence-electron chi connectivity index (χ1n) is 6.09. The molecule has 6 nitrogen and oxygen atoms in total. The van der Waals surface area contributed by atoms with E-state index in [1.54, 1.807) is 0 Å². The quantitative estimate of drug-likeness (QED) is 0.669. The second kappa shape index (κ2) is 8.32. The summed E-state index contributed by atoms with van der Waals surface area (Å²) >= 11 is 0. The maximum absolute atomic E-state index is 12.0. The number of hydrogen-bond acceptors (Lipinski definition) is 4. The number of urea groups is 1. The minimum Gasteiger partial charge on any atom is -0.406 e. The molecule has 118 valence electrons. The molecule has 0 aliphatic carbocycles. The number of anilines is 1. The van der Waals surface area contributed by atoms with Crippen LogP contribution in [-0.4, -0.2) is 38.7 Å². The summed E-state index contributed by atoms with van der Waals surface area (Å²) in [6, 6.07) is 4.31. The van der Waals surface area contributed by atoms with Crippen LogP contribution in [0.2, 0.25) is 0 Å². The number of amides is 2. The Labute approximate surface area is 119 Å². The molecule has 0 saturated heterocycles. The van der Waals surface area contributed by atoms with Gasteiger partial charge in [0.25, 0.3) is 0 Å². The number of nitrogens with one attached hydrogen (secondary N) is 2. The van der Waals surface area contributed by atoms with Crippen molar-refractivity contribution in [3.05, 3.63) is 24.3 Å². The Hall–Kier alpha value is -2.00. The van der Waals surface area contributed by atoms with Gasteiger partial charge < -0.3 is 25.8 Å². The third-order valence-electron chi connectivity index (χ3n) is 2.14. The lowest BCUT2D eigenvalue weighted by molar-refractivity contribution is -0.274. The van der Waals surface area contributed by atoms with Crippen molar-refractivity contribution in [3.8, 4) is 5.75 Å². The van der Waals surface area contributed by atoms with Crippen LogP contribution in [-0.2, 0) is 4.74 Å². The van der Waals surface area contributed by atoms with Crippen LogP contribution in [0, 0.1) is 0 Å². The predicted molar refractivity (Wildman–Crippen MR) is 70.0 cm³/mol. The summed E-state index contributed by atoms with van der Waals surface area (Å²) in [5.74, 6) is -0.358. The first-order valence-corrected chi connectivity index (χ1v) is 6.09. The van der Waals surface area contributed by atoms with Gasteiger partial charge in [-0.05, 0) is 24.3 Å². The minimum absolute atomic E-state index is 0.293. The lowest BCUT2D eigenvalue weighted by atomic mass is 10.3. The Balaban J connectivity index is 2.33. The van der Waals surface area contributed by atoms with Gasteiger partial charge in [-0.2, -0.15) is 0 Å². The molecule has 4 N–H and O–H groups in total. The van der Waals surface area contributed by atoms with Crippen LogP contribution in [0.3, 0.4) is 0 Å². The van der Waals surface area contributed by atoms with Gasteiger partial charge in [0, 0.05) is 18.8 Å². The highest BCUT2D eigenvalue weighted by Gasteiger charge is 2.30. The van der Waals surface area contributed by atoms with E-state index in [0.717, 1.165) is 12.1 Å². The molecule has 0 unspecified atom stereocenters. The lowest BCUT2D eigenvalue weighted by Crippen LogP contribution is -2.31. The maximum Gasteiger partial charge on any atom is 0.573 e. The second-order valence-electron chi connectivity index (χ2n) is 3.85. The minimum atomic E-state index is -4.74. The van der Waals surface area contributed by atoms with Crippen LogP contribution in [0.1, 0.15) is 0 Å². The van der Waals surface area contributed by atoms with Gasteiger partial charge in [-0.1, -0.05) is 0 Å². The number of alkyl halides is 3. The van der Waals surface area contributed by atoms with Crippen LogP contribution < -0.4 is 21.1 Å². The molecule has 0 aliphatic heterocycles. The van der Waals surface area contributed by atoms with Gasteiger partial charge in [-0.15, -0.1) is 13.2 Å². The van der Waals surface area contributed by atoms with Crippen molar-refractivity contribution >= 4 is 11.7 Å². The third kappa shape index (κ3) is 8.00. The van der Waals surface area contributed by atoms with Crippen molar-refractivity contribution in [2.24, 2.45) is 5.73 Å². The largest absolute Gasteiger partial charge is 0.573 e. The zero-order chi connectivity index (χ0) is 15.7. The fraction of sp³-hybridized carbons (Fsp3) is 0.417. The molecular weight excluding hydrogens is 291 g/mol. The predicted octanol–water partition coefficient (Wildman–Crippen LogP) is 1.68. The highest BCUT2D eigenvalue weighted by Crippen LogP contribution is 2.23. The Morgan fingerprint density at radius 3 is 2.43 bits per heavy atom. The molecule has 0 bridgehead atoms. The van der Waals surface area contributed by atoms with Crippen LogP contribution >= 0.6 is 0 Å². The van der Waals surface area contributed by atoms with Crippen molar-refractivity contribution in [1.82, 2.24) is 5.32 Å². The molecule has 0 aliphatic rings. The van der Waals surface area contributed by atoms with E-state index in [1.807, 2.05) is 0 Å². The molecule has 0 fully saturated rings. The molecule has 0 saturated carbocycles. The van der Waals surface area contributed by atoms with Crippen LogP contribution in [0.25, 0.3) is 0 Å². The zero-order valence-corrected chi connectivity index (χ0v) is 11.1. The Morgan fingerprint density at radius 2 is 1.86 bits per heavy atom. The molecule has 1 aromatic rings. The van der Waals surface area contributed by atoms with Crippen molar-refractivity contribution in [3.63, 3.8) is 0 Å². The standard InChI is InChI=1S/C12H16F3N3O3/c13-12(14,15)21-10-3-1-9(2-4-10)18-11(19)17-6-8-20-7-5-16/h1-4H,5-8,16H2,(H2,17,18,19). The SMILES string of the molecule is NCCOCCNC(=O)Nc1ccc(OC(F)(F)F)cc1. The van der Waals surface area contributed by atoms with E-state index in [9.17, 15) is 18.0 Å². The van der Waals surface area contributed by atoms with E-state index in [2.05, 4.69) is 15.4 Å². The van der Waals surface area contributed by atoms with E-state index in [4.69, 9.17) is 10.5 Å². The topological polar surface area (TPSA) is 85.6 Å². The molecule has 1 rings (SSSR count). The number of ether oxygens (including phenoxy) is 2. The molecule has 0 radical (unpaired) electrons. The van der Waals surface area contributed by atoms with Crippen LogP contribution in [0.5, 0.6) is 5.75 Å². The Morgan fingerprint density at radius 1 is 1.19 bits per heavy atom. The lowest BCUT2D eigenvalue weighted by Gasteiger charge is -2.10. The number of rotatable bonds is 7. The highest BCUT2D eigenvalue weighted by atomic mass is 19.4. The average molecular weight is 307 g/mol. The summed E-state index contributed by atoms with van der Waals surface area (Å²) in [7, 11) is 0. The summed E-state index contributed by atoms with van der Waals surface area (Å²) in [6.45, 7) is 1.42. The van der Waals surface area contributed by atoms with Gasteiger partial charge in [0.15, 0.2) is 0 Å². The number of carbonyl (C=O) groups is 1. The van der Waals surface area contributed by atoms with Crippen molar-refractivity contribution in [1.29, 1.82) is 0 Å². The van der Waals surface area contributed by atoms with E-state index < -0.39 is 12.4 Å². The molecule has 21 heavy (non-hydrogen) atoms. The van der Waals surface area contributed by atoms with Crippen molar-refractivity contribution < 1.29 is 27.4 Å². The summed E-state index contributed by atoms with van der Waals surface area (Å²) < 4.78 is 44.6. The summed E-state index contributed by atoms with van der Waals surface area (Å²) in [5.41, 5.74) is 5.56. The van der Waals surface area contributed by atoms with Gasteiger partial charge in [0.1, 0.15) is 5.75 Å². The number of carbonyl (C=O) groups excluding carboxylic acids is 1. The van der Waals surface area contributed by atoms with Crippen molar-refractivity contribution in [2.75, 3.05) is 31.6 Å². The van der Waals surface area contributed by atoms with E-state index >= 15 is 0 Å². The smallest absolute Gasteiger partial charge is 0.406 e. The van der Waals surface area contributed by atoms with Gasteiger partial charge >= 0.3 is 12.4 Å². The van der Waals surface area contributed by atoms with Crippen LogP contribution in [0.4, 0.5) is 23.7 Å². The summed E-state index contributed by atoms with van der Waals surface area (Å²) in [5, 5.41) is 4.97. The molecule has 9 heteroatoms. The third-order valence-corrected chi connectivity index (χ3v) is 2.14. The highest BCUT2D eigenvalue weighted by molar-refractivity contribution is 5.89.